The molecule has 0 atom stereocenters. The van der Waals surface area contributed by atoms with Crippen molar-refractivity contribution in [2.24, 2.45) is 0 Å². The standard InChI is InChI=1S/C21H22N2O4/c1-21(2,3)16-5-8-18(9-6-16)27-13-12-22-19-10-7-17(23(25)26)14-15(19)4-11-20(22)24/h4-11,14H,12-13H2,1-3H3. The highest BCUT2D eigenvalue weighted by molar-refractivity contribution is 5.81. The Morgan fingerprint density at radius 1 is 1.04 bits per heavy atom. The third-order valence-corrected chi connectivity index (χ3v) is 4.49. The first-order valence-corrected chi connectivity index (χ1v) is 8.77. The lowest BCUT2D eigenvalue weighted by atomic mass is 9.87. The lowest BCUT2D eigenvalue weighted by Gasteiger charge is -2.19. The van der Waals surface area contributed by atoms with Crippen LogP contribution in [0.5, 0.6) is 5.75 Å². The zero-order valence-electron chi connectivity index (χ0n) is 15.6. The quantitative estimate of drug-likeness (QED) is 0.499. The van der Waals surface area contributed by atoms with Crippen molar-refractivity contribution < 1.29 is 9.66 Å². The summed E-state index contributed by atoms with van der Waals surface area (Å²) in [6.45, 7) is 7.14. The number of hydrogen-bond acceptors (Lipinski definition) is 4. The Labute approximate surface area is 157 Å². The number of fused-ring (bicyclic) bond motifs is 1. The van der Waals surface area contributed by atoms with Crippen molar-refractivity contribution in [3.63, 3.8) is 0 Å². The molecule has 0 radical (unpaired) electrons. The van der Waals surface area contributed by atoms with E-state index in [9.17, 15) is 14.9 Å². The van der Waals surface area contributed by atoms with E-state index in [4.69, 9.17) is 4.74 Å². The predicted molar refractivity (Wildman–Crippen MR) is 105 cm³/mol. The van der Waals surface area contributed by atoms with Crippen LogP contribution < -0.4 is 10.3 Å². The van der Waals surface area contributed by atoms with E-state index < -0.39 is 4.92 Å². The van der Waals surface area contributed by atoms with Gasteiger partial charge in [0.25, 0.3) is 11.2 Å². The summed E-state index contributed by atoms with van der Waals surface area (Å²) >= 11 is 0. The van der Waals surface area contributed by atoms with Gasteiger partial charge in [0, 0.05) is 23.6 Å². The summed E-state index contributed by atoms with van der Waals surface area (Å²) in [5.74, 6) is 0.743. The van der Waals surface area contributed by atoms with E-state index in [0.29, 0.717) is 24.1 Å². The highest BCUT2D eigenvalue weighted by Gasteiger charge is 2.13. The van der Waals surface area contributed by atoms with Gasteiger partial charge in [-0.1, -0.05) is 32.9 Å². The van der Waals surface area contributed by atoms with Gasteiger partial charge in [-0.3, -0.25) is 14.9 Å². The summed E-state index contributed by atoms with van der Waals surface area (Å²) in [5.41, 5.74) is 1.80. The second kappa shape index (κ2) is 7.23. The Balaban J connectivity index is 1.76. The van der Waals surface area contributed by atoms with Crippen LogP contribution in [0.3, 0.4) is 0 Å². The van der Waals surface area contributed by atoms with Gasteiger partial charge in [0.2, 0.25) is 0 Å². The maximum Gasteiger partial charge on any atom is 0.270 e. The molecule has 3 aromatic rings. The topological polar surface area (TPSA) is 74.4 Å². The van der Waals surface area contributed by atoms with Gasteiger partial charge in [0.05, 0.1) is 17.0 Å². The Morgan fingerprint density at radius 3 is 2.37 bits per heavy atom. The van der Waals surface area contributed by atoms with Gasteiger partial charge >= 0.3 is 0 Å². The number of hydrogen-bond donors (Lipinski definition) is 0. The van der Waals surface area contributed by atoms with Gasteiger partial charge in [-0.25, -0.2) is 0 Å². The molecule has 0 spiro atoms. The SMILES string of the molecule is CC(C)(C)c1ccc(OCCn2c(=O)ccc3cc([N+](=O)[O-])ccc32)cc1. The average molecular weight is 366 g/mol. The molecule has 1 aromatic heterocycles. The molecule has 0 bridgehead atoms. The number of benzene rings is 2. The molecule has 6 heteroatoms. The lowest BCUT2D eigenvalue weighted by molar-refractivity contribution is -0.384. The minimum Gasteiger partial charge on any atom is -0.492 e. The Hall–Kier alpha value is -3.15. The fourth-order valence-corrected chi connectivity index (χ4v) is 2.94. The van der Waals surface area contributed by atoms with Gasteiger partial charge in [-0.2, -0.15) is 0 Å². The molecular weight excluding hydrogens is 344 g/mol. The third kappa shape index (κ3) is 4.16. The Morgan fingerprint density at radius 2 is 1.74 bits per heavy atom. The van der Waals surface area contributed by atoms with Crippen LogP contribution in [-0.4, -0.2) is 16.1 Å². The number of nitrogens with zero attached hydrogens (tertiary/aromatic N) is 2. The van der Waals surface area contributed by atoms with Crippen molar-refractivity contribution >= 4 is 16.6 Å². The molecule has 0 amide bonds. The number of pyridine rings is 1. The van der Waals surface area contributed by atoms with E-state index in [1.807, 2.05) is 24.3 Å². The van der Waals surface area contributed by atoms with Crippen molar-refractivity contribution in [3.8, 4) is 5.75 Å². The van der Waals surface area contributed by atoms with Gasteiger partial charge < -0.3 is 9.30 Å². The molecule has 6 nitrogen and oxygen atoms in total. The normalized spacial score (nSPS) is 11.5. The number of rotatable bonds is 5. The van der Waals surface area contributed by atoms with Gasteiger partial charge in [-0.15, -0.1) is 0 Å². The molecule has 1 heterocycles. The number of ether oxygens (including phenoxy) is 1. The smallest absolute Gasteiger partial charge is 0.270 e. The molecule has 0 saturated carbocycles. The van der Waals surface area contributed by atoms with Crippen LogP contribution in [0.15, 0.2) is 59.4 Å². The second-order valence-electron chi connectivity index (χ2n) is 7.45. The minimum atomic E-state index is -0.445. The molecule has 0 aliphatic rings. The zero-order chi connectivity index (χ0) is 19.6. The molecule has 0 unspecified atom stereocenters. The third-order valence-electron chi connectivity index (χ3n) is 4.49. The van der Waals surface area contributed by atoms with Crippen LogP contribution in [0.2, 0.25) is 0 Å². The highest BCUT2D eigenvalue weighted by atomic mass is 16.6. The zero-order valence-corrected chi connectivity index (χ0v) is 15.6. The van der Waals surface area contributed by atoms with Crippen LogP contribution in [0.25, 0.3) is 10.9 Å². The first-order chi connectivity index (χ1) is 12.8. The largest absolute Gasteiger partial charge is 0.492 e. The van der Waals surface area contributed by atoms with Crippen LogP contribution in [0, 0.1) is 10.1 Å². The van der Waals surface area contributed by atoms with E-state index in [0.717, 1.165) is 5.75 Å². The second-order valence-corrected chi connectivity index (χ2v) is 7.45. The van der Waals surface area contributed by atoms with Crippen LogP contribution >= 0.6 is 0 Å². The fraction of sp³-hybridized carbons (Fsp3) is 0.286. The summed E-state index contributed by atoms with van der Waals surface area (Å²) in [4.78, 5) is 22.7. The van der Waals surface area contributed by atoms with Crippen LogP contribution in [0.1, 0.15) is 26.3 Å². The molecule has 3 rings (SSSR count). The first-order valence-electron chi connectivity index (χ1n) is 8.77. The van der Waals surface area contributed by atoms with Crippen molar-refractivity contribution in [2.75, 3.05) is 6.61 Å². The molecule has 0 fully saturated rings. The molecular formula is C21H22N2O4. The number of non-ortho nitro benzene ring substituents is 1. The van der Waals surface area contributed by atoms with Gasteiger partial charge in [0.1, 0.15) is 12.4 Å². The van der Waals surface area contributed by atoms with Crippen molar-refractivity contribution in [1.29, 1.82) is 0 Å². The molecule has 0 N–H and O–H groups in total. The van der Waals surface area contributed by atoms with E-state index in [-0.39, 0.29) is 16.7 Å². The van der Waals surface area contributed by atoms with Crippen LogP contribution in [0.4, 0.5) is 5.69 Å². The molecule has 0 saturated heterocycles. The minimum absolute atomic E-state index is 0.00267. The Kier molecular flexibility index (Phi) is 4.99. The molecule has 0 aliphatic heterocycles. The van der Waals surface area contributed by atoms with Crippen LogP contribution in [-0.2, 0) is 12.0 Å². The maximum absolute atomic E-state index is 12.2. The van der Waals surface area contributed by atoms with E-state index in [1.165, 1.54) is 23.8 Å². The molecule has 140 valence electrons. The monoisotopic (exact) mass is 366 g/mol. The molecule has 2 aromatic carbocycles. The van der Waals surface area contributed by atoms with Crippen molar-refractivity contribution in [1.82, 2.24) is 4.57 Å². The maximum atomic E-state index is 12.2. The number of aromatic nitrogens is 1. The highest BCUT2D eigenvalue weighted by Crippen LogP contribution is 2.24. The summed E-state index contributed by atoms with van der Waals surface area (Å²) < 4.78 is 7.35. The molecule has 0 aliphatic carbocycles. The van der Waals surface area contributed by atoms with Crippen molar-refractivity contribution in [2.45, 2.75) is 32.7 Å². The van der Waals surface area contributed by atoms with E-state index in [2.05, 4.69) is 20.8 Å². The van der Waals surface area contributed by atoms with Gasteiger partial charge in [0.15, 0.2) is 0 Å². The number of nitro benzene ring substituents is 1. The predicted octanol–water partition coefficient (Wildman–Crippen LogP) is 4.29. The fourth-order valence-electron chi connectivity index (χ4n) is 2.94. The summed E-state index contributed by atoms with van der Waals surface area (Å²) in [6, 6.07) is 15.4. The summed E-state index contributed by atoms with van der Waals surface area (Å²) in [6.07, 6.45) is 0. The van der Waals surface area contributed by atoms with Crippen molar-refractivity contribution in [3.05, 3.63) is 80.6 Å². The Bertz CT molecular complexity index is 1030. The van der Waals surface area contributed by atoms with E-state index >= 15 is 0 Å². The summed E-state index contributed by atoms with van der Waals surface area (Å²) in [5, 5.41) is 11.6. The average Bonchev–Trinajstić information content (AvgIpc) is 2.62. The van der Waals surface area contributed by atoms with E-state index in [1.54, 1.807) is 16.7 Å². The first kappa shape index (κ1) is 18.6. The summed E-state index contributed by atoms with van der Waals surface area (Å²) in [7, 11) is 0. The lowest BCUT2D eigenvalue weighted by Crippen LogP contribution is -2.22. The van der Waals surface area contributed by atoms with Gasteiger partial charge in [-0.05, 0) is 35.2 Å². The molecule has 27 heavy (non-hydrogen) atoms. The number of nitro groups is 1.